The zero-order chi connectivity index (χ0) is 35.2. The van der Waals surface area contributed by atoms with Crippen LogP contribution in [0.1, 0.15) is 22.3 Å². The number of hydrogen-bond donors (Lipinski definition) is 0. The van der Waals surface area contributed by atoms with Gasteiger partial charge in [0.1, 0.15) is 0 Å². The van der Waals surface area contributed by atoms with E-state index in [1.807, 2.05) is 12.1 Å². The number of hydrogen-bond acceptors (Lipinski definition) is 2. The molecule has 10 rings (SSSR count). The van der Waals surface area contributed by atoms with E-state index in [0.717, 1.165) is 33.3 Å². The molecule has 1 aliphatic carbocycles. The molecule has 0 amide bonds. The molecular weight excluding hydrogens is 641 g/mol. The minimum Gasteiger partial charge on any atom is -0.228 e. The number of rotatable bonds is 6. The molecule has 2 nitrogen and oxygen atoms in total. The molecule has 0 fully saturated rings. The molecule has 0 bridgehead atoms. The van der Waals surface area contributed by atoms with Gasteiger partial charge in [-0.1, -0.05) is 200 Å². The standard InChI is InChI=1S/C51H34N2/c1-5-17-35(18-6-1)41-33-34-45-48(42-25-13-15-27-44(42)51(45,39-21-9-3-10-22-39)40-23-11-4-12-24-40)47(41)36-29-31-38(32-30-36)50-52-46-28-16-14-26-43(46)49(53-50)37-19-7-2-8-20-37/h1-34H. The van der Waals surface area contributed by atoms with E-state index in [-0.39, 0.29) is 0 Å². The zero-order valence-electron chi connectivity index (χ0n) is 29.0. The molecule has 0 atom stereocenters. The molecule has 0 aliphatic heterocycles. The molecule has 8 aromatic carbocycles. The van der Waals surface area contributed by atoms with Crippen LogP contribution in [0.15, 0.2) is 206 Å². The van der Waals surface area contributed by atoms with Crippen molar-refractivity contribution in [2.75, 3.05) is 0 Å². The van der Waals surface area contributed by atoms with Gasteiger partial charge in [-0.15, -0.1) is 0 Å². The highest BCUT2D eigenvalue weighted by atomic mass is 14.9. The Bertz CT molecular complexity index is 2700. The molecule has 0 radical (unpaired) electrons. The molecule has 248 valence electrons. The first kappa shape index (κ1) is 30.9. The minimum absolute atomic E-state index is 0.481. The normalized spacial score (nSPS) is 12.7. The second kappa shape index (κ2) is 12.7. The quantitative estimate of drug-likeness (QED) is 0.175. The van der Waals surface area contributed by atoms with Gasteiger partial charge in [-0.3, -0.25) is 0 Å². The van der Waals surface area contributed by atoms with Gasteiger partial charge in [-0.2, -0.15) is 0 Å². The maximum atomic E-state index is 5.17. The lowest BCUT2D eigenvalue weighted by Crippen LogP contribution is -2.28. The highest BCUT2D eigenvalue weighted by molar-refractivity contribution is 6.02. The van der Waals surface area contributed by atoms with E-state index in [9.17, 15) is 0 Å². The molecular formula is C51H34N2. The summed E-state index contributed by atoms with van der Waals surface area (Å²) in [5.41, 5.74) is 15.9. The van der Waals surface area contributed by atoms with Crippen molar-refractivity contribution in [3.8, 4) is 56.0 Å². The van der Waals surface area contributed by atoms with Crippen molar-refractivity contribution >= 4 is 10.9 Å². The summed E-state index contributed by atoms with van der Waals surface area (Å²) >= 11 is 0. The molecule has 9 aromatic rings. The van der Waals surface area contributed by atoms with Gasteiger partial charge >= 0.3 is 0 Å². The smallest absolute Gasteiger partial charge is 0.160 e. The van der Waals surface area contributed by atoms with E-state index >= 15 is 0 Å². The van der Waals surface area contributed by atoms with Crippen molar-refractivity contribution in [1.29, 1.82) is 0 Å². The van der Waals surface area contributed by atoms with Crippen LogP contribution < -0.4 is 0 Å². The Labute approximate surface area is 309 Å². The second-order valence-corrected chi connectivity index (χ2v) is 13.7. The summed E-state index contributed by atoms with van der Waals surface area (Å²) in [5, 5.41) is 1.05. The Morgan fingerprint density at radius 1 is 0.321 bits per heavy atom. The maximum Gasteiger partial charge on any atom is 0.160 e. The van der Waals surface area contributed by atoms with Crippen molar-refractivity contribution in [3.05, 3.63) is 229 Å². The molecule has 0 N–H and O–H groups in total. The van der Waals surface area contributed by atoms with E-state index < -0.39 is 5.41 Å². The summed E-state index contributed by atoms with van der Waals surface area (Å²) in [7, 11) is 0. The average Bonchev–Trinajstić information content (AvgIpc) is 3.55. The Kier molecular flexibility index (Phi) is 7.40. The van der Waals surface area contributed by atoms with Crippen molar-refractivity contribution in [2.24, 2.45) is 0 Å². The fourth-order valence-electron chi connectivity index (χ4n) is 8.50. The van der Waals surface area contributed by atoms with Gasteiger partial charge in [0.25, 0.3) is 0 Å². The SMILES string of the molecule is c1ccc(-c2ccc3c(c2-c2ccc(-c4nc(-c5ccccc5)c5ccccc5n4)cc2)-c2ccccc2C3(c2ccccc2)c2ccccc2)cc1. The Morgan fingerprint density at radius 2 is 0.868 bits per heavy atom. The second-order valence-electron chi connectivity index (χ2n) is 13.7. The van der Waals surface area contributed by atoms with E-state index in [2.05, 4.69) is 194 Å². The van der Waals surface area contributed by atoms with Crippen LogP contribution in [0.3, 0.4) is 0 Å². The number of benzene rings is 8. The van der Waals surface area contributed by atoms with E-state index in [4.69, 9.17) is 9.97 Å². The third-order valence-corrected chi connectivity index (χ3v) is 10.8. The highest BCUT2D eigenvalue weighted by Crippen LogP contribution is 2.59. The first-order valence-corrected chi connectivity index (χ1v) is 18.2. The number of nitrogens with zero attached hydrogens (tertiary/aromatic N) is 2. The molecule has 1 aliphatic rings. The Balaban J connectivity index is 1.22. The van der Waals surface area contributed by atoms with Crippen LogP contribution in [0, 0.1) is 0 Å². The van der Waals surface area contributed by atoms with Crippen LogP contribution >= 0.6 is 0 Å². The van der Waals surface area contributed by atoms with Crippen LogP contribution in [0.4, 0.5) is 0 Å². The van der Waals surface area contributed by atoms with Crippen molar-refractivity contribution in [1.82, 2.24) is 9.97 Å². The molecule has 53 heavy (non-hydrogen) atoms. The van der Waals surface area contributed by atoms with Gasteiger partial charge in [0.2, 0.25) is 0 Å². The molecule has 0 spiro atoms. The van der Waals surface area contributed by atoms with Gasteiger partial charge in [-0.25, -0.2) is 9.97 Å². The molecule has 2 heteroatoms. The van der Waals surface area contributed by atoms with Gasteiger partial charge in [-0.05, 0) is 61.7 Å². The monoisotopic (exact) mass is 674 g/mol. The van der Waals surface area contributed by atoms with Crippen molar-refractivity contribution < 1.29 is 0 Å². The van der Waals surface area contributed by atoms with Gasteiger partial charge in [0, 0.05) is 16.5 Å². The van der Waals surface area contributed by atoms with E-state index in [0.29, 0.717) is 5.82 Å². The largest absolute Gasteiger partial charge is 0.228 e. The van der Waals surface area contributed by atoms with Crippen LogP contribution in [0.2, 0.25) is 0 Å². The first-order chi connectivity index (χ1) is 26.3. The highest BCUT2D eigenvalue weighted by Gasteiger charge is 2.47. The summed E-state index contributed by atoms with van der Waals surface area (Å²) in [4.78, 5) is 10.2. The molecule has 0 unspecified atom stereocenters. The summed E-state index contributed by atoms with van der Waals surface area (Å²) in [6.07, 6.45) is 0. The minimum atomic E-state index is -0.481. The Hall–Kier alpha value is -6.90. The zero-order valence-corrected chi connectivity index (χ0v) is 29.0. The lowest BCUT2D eigenvalue weighted by atomic mass is 9.67. The predicted molar refractivity (Wildman–Crippen MR) is 219 cm³/mol. The average molecular weight is 675 g/mol. The fraction of sp³-hybridized carbons (Fsp3) is 0.0196. The molecule has 1 aromatic heterocycles. The van der Waals surface area contributed by atoms with Crippen LogP contribution in [0.25, 0.3) is 66.9 Å². The van der Waals surface area contributed by atoms with Gasteiger partial charge < -0.3 is 0 Å². The lowest BCUT2D eigenvalue weighted by molar-refractivity contribution is 0.768. The van der Waals surface area contributed by atoms with Crippen LogP contribution in [0.5, 0.6) is 0 Å². The Morgan fingerprint density at radius 3 is 1.55 bits per heavy atom. The summed E-state index contributed by atoms with van der Waals surface area (Å²) in [6.45, 7) is 0. The number of para-hydroxylation sites is 1. The summed E-state index contributed by atoms with van der Waals surface area (Å²) < 4.78 is 0. The first-order valence-electron chi connectivity index (χ1n) is 18.2. The van der Waals surface area contributed by atoms with Gasteiger partial charge in [0.15, 0.2) is 5.82 Å². The van der Waals surface area contributed by atoms with Crippen molar-refractivity contribution in [3.63, 3.8) is 0 Å². The lowest BCUT2D eigenvalue weighted by Gasteiger charge is -2.34. The van der Waals surface area contributed by atoms with Gasteiger partial charge in [0.05, 0.1) is 16.6 Å². The number of aromatic nitrogens is 2. The van der Waals surface area contributed by atoms with Crippen LogP contribution in [-0.4, -0.2) is 9.97 Å². The summed E-state index contributed by atoms with van der Waals surface area (Å²) in [6, 6.07) is 74.0. The topological polar surface area (TPSA) is 25.8 Å². The van der Waals surface area contributed by atoms with Crippen molar-refractivity contribution in [2.45, 2.75) is 5.41 Å². The molecule has 0 saturated heterocycles. The number of fused-ring (bicyclic) bond motifs is 4. The molecule has 1 heterocycles. The van der Waals surface area contributed by atoms with Crippen LogP contribution in [-0.2, 0) is 5.41 Å². The van der Waals surface area contributed by atoms with E-state index in [1.165, 1.54) is 50.1 Å². The predicted octanol–water partition coefficient (Wildman–Crippen LogP) is 12.7. The third kappa shape index (κ3) is 4.95. The third-order valence-electron chi connectivity index (χ3n) is 10.8. The molecule has 0 saturated carbocycles. The fourth-order valence-corrected chi connectivity index (χ4v) is 8.50. The van der Waals surface area contributed by atoms with E-state index in [1.54, 1.807) is 0 Å². The maximum absolute atomic E-state index is 5.17. The summed E-state index contributed by atoms with van der Waals surface area (Å²) in [5.74, 6) is 0.716.